The lowest BCUT2D eigenvalue weighted by Crippen LogP contribution is -2.17. The van der Waals surface area contributed by atoms with Gasteiger partial charge in [-0.15, -0.1) is 0 Å². The fraction of sp³-hybridized carbons (Fsp3) is 0.677. The fourth-order valence-electron chi connectivity index (χ4n) is 6.63. The summed E-state index contributed by atoms with van der Waals surface area (Å²) in [5.41, 5.74) is 2.26. The smallest absolute Gasteiger partial charge is 0.134 e. The molecule has 2 aliphatic carbocycles. The number of halogens is 1. The van der Waals surface area contributed by atoms with E-state index in [2.05, 4.69) is 25.1 Å². The molecule has 1 heteroatoms. The Morgan fingerprint density at radius 2 is 1.34 bits per heavy atom. The van der Waals surface area contributed by atoms with Crippen LogP contribution in [0.25, 0.3) is 10.8 Å². The van der Waals surface area contributed by atoms with Gasteiger partial charge < -0.3 is 0 Å². The molecule has 0 bridgehead atoms. The Bertz CT molecular complexity index is 837. The lowest BCUT2D eigenvalue weighted by Gasteiger charge is -2.32. The van der Waals surface area contributed by atoms with Crippen molar-refractivity contribution in [2.24, 2.45) is 17.8 Å². The molecule has 176 valence electrons. The average Bonchev–Trinajstić information content (AvgIpc) is 2.84. The van der Waals surface area contributed by atoms with Crippen molar-refractivity contribution < 1.29 is 4.39 Å². The first-order valence-electron chi connectivity index (χ1n) is 13.9. The van der Waals surface area contributed by atoms with Crippen LogP contribution in [0, 0.1) is 23.6 Å². The molecule has 2 fully saturated rings. The molecule has 0 aromatic heterocycles. The molecular formula is C31H45F. The zero-order valence-corrected chi connectivity index (χ0v) is 20.7. The Kier molecular flexibility index (Phi) is 8.67. The number of benzene rings is 2. The largest absolute Gasteiger partial charge is 0.206 e. The molecule has 0 radical (unpaired) electrons. The van der Waals surface area contributed by atoms with E-state index < -0.39 is 0 Å². The van der Waals surface area contributed by atoms with Crippen molar-refractivity contribution in [3.05, 3.63) is 47.3 Å². The number of rotatable bonds is 9. The van der Waals surface area contributed by atoms with Crippen molar-refractivity contribution in [2.75, 3.05) is 0 Å². The van der Waals surface area contributed by atoms with Crippen molar-refractivity contribution in [3.8, 4) is 0 Å². The maximum absolute atomic E-state index is 14.6. The highest BCUT2D eigenvalue weighted by Crippen LogP contribution is 2.41. The van der Waals surface area contributed by atoms with Crippen LogP contribution in [0.5, 0.6) is 0 Å². The van der Waals surface area contributed by atoms with Gasteiger partial charge in [0, 0.05) is 5.39 Å². The molecular weight excluding hydrogens is 391 g/mol. The quantitative estimate of drug-likeness (QED) is 0.343. The first-order chi connectivity index (χ1) is 15.7. The molecule has 32 heavy (non-hydrogen) atoms. The zero-order chi connectivity index (χ0) is 22.3. The maximum atomic E-state index is 14.6. The van der Waals surface area contributed by atoms with Crippen LogP contribution in [0.2, 0.25) is 0 Å². The van der Waals surface area contributed by atoms with E-state index in [4.69, 9.17) is 0 Å². The van der Waals surface area contributed by atoms with Crippen LogP contribution in [-0.2, 0) is 6.42 Å². The van der Waals surface area contributed by atoms with Crippen LogP contribution in [0.15, 0.2) is 30.3 Å². The van der Waals surface area contributed by atoms with E-state index in [1.807, 2.05) is 19.1 Å². The molecule has 0 N–H and O–H groups in total. The number of hydrogen-bond donors (Lipinski definition) is 0. The Labute approximate surface area is 196 Å². The topological polar surface area (TPSA) is 0 Å². The van der Waals surface area contributed by atoms with Gasteiger partial charge in [-0.2, -0.15) is 0 Å². The molecule has 4 rings (SSSR count). The number of aryl methyl sites for hydroxylation is 1. The lowest BCUT2D eigenvalue weighted by atomic mass is 9.74. The summed E-state index contributed by atoms with van der Waals surface area (Å²) in [7, 11) is 0. The summed E-state index contributed by atoms with van der Waals surface area (Å²) < 4.78 is 14.6. The minimum atomic E-state index is -0.0183. The molecule has 0 amide bonds. The van der Waals surface area contributed by atoms with Gasteiger partial charge >= 0.3 is 0 Å². The zero-order valence-electron chi connectivity index (χ0n) is 20.7. The van der Waals surface area contributed by atoms with Gasteiger partial charge in [0.2, 0.25) is 0 Å². The molecule has 2 aliphatic rings. The average molecular weight is 437 g/mol. The fourth-order valence-corrected chi connectivity index (χ4v) is 6.63. The highest BCUT2D eigenvalue weighted by Gasteiger charge is 2.25. The lowest BCUT2D eigenvalue weighted by molar-refractivity contribution is 0.222. The second-order valence-corrected chi connectivity index (χ2v) is 11.1. The van der Waals surface area contributed by atoms with Gasteiger partial charge in [-0.1, -0.05) is 108 Å². The molecule has 2 saturated carbocycles. The third-order valence-corrected chi connectivity index (χ3v) is 8.92. The van der Waals surface area contributed by atoms with Gasteiger partial charge in [0.15, 0.2) is 0 Å². The Morgan fingerprint density at radius 1 is 0.719 bits per heavy atom. The van der Waals surface area contributed by atoms with Crippen molar-refractivity contribution in [1.29, 1.82) is 0 Å². The summed E-state index contributed by atoms with van der Waals surface area (Å²) in [6, 6.07) is 10.6. The third-order valence-electron chi connectivity index (χ3n) is 8.92. The number of unbranched alkanes of at least 4 members (excludes halogenated alkanes) is 2. The van der Waals surface area contributed by atoms with Crippen LogP contribution in [0.4, 0.5) is 4.39 Å². The monoisotopic (exact) mass is 436 g/mol. The molecule has 0 nitrogen and oxygen atoms in total. The van der Waals surface area contributed by atoms with E-state index in [9.17, 15) is 4.39 Å². The second kappa shape index (κ2) is 11.7. The highest BCUT2D eigenvalue weighted by atomic mass is 19.1. The van der Waals surface area contributed by atoms with Gasteiger partial charge in [-0.3, -0.25) is 0 Å². The molecule has 0 aliphatic heterocycles. The van der Waals surface area contributed by atoms with Crippen molar-refractivity contribution in [2.45, 2.75) is 116 Å². The van der Waals surface area contributed by atoms with Crippen LogP contribution in [-0.4, -0.2) is 0 Å². The molecule has 0 heterocycles. The maximum Gasteiger partial charge on any atom is 0.134 e. The molecule has 0 spiro atoms. The van der Waals surface area contributed by atoms with E-state index in [0.29, 0.717) is 5.92 Å². The van der Waals surface area contributed by atoms with Gasteiger partial charge in [0.1, 0.15) is 5.82 Å². The third kappa shape index (κ3) is 5.95. The molecule has 0 atom stereocenters. The minimum Gasteiger partial charge on any atom is -0.206 e. The Hall–Kier alpha value is -1.37. The summed E-state index contributed by atoms with van der Waals surface area (Å²) in [4.78, 5) is 0. The van der Waals surface area contributed by atoms with Crippen molar-refractivity contribution in [3.63, 3.8) is 0 Å². The van der Waals surface area contributed by atoms with Crippen LogP contribution < -0.4 is 0 Å². The standard InChI is InChI=1S/C31H45F/c1-3-5-6-7-23-8-10-24(11-9-23)12-13-25-14-16-27(17-15-25)28-20-21-30-29(22-28)19-18-26(4-2)31(30)32/h18-25,27H,3-17H2,1-2H3. The summed E-state index contributed by atoms with van der Waals surface area (Å²) in [5.74, 6) is 3.65. The summed E-state index contributed by atoms with van der Waals surface area (Å²) in [6.07, 6.45) is 20.8. The van der Waals surface area contributed by atoms with E-state index in [1.165, 1.54) is 95.5 Å². The SMILES string of the molecule is CCCCCC1CCC(CCC2CCC(c3ccc4c(F)c(CC)ccc4c3)CC2)CC1. The first-order valence-corrected chi connectivity index (χ1v) is 13.9. The minimum absolute atomic E-state index is 0.0183. The van der Waals surface area contributed by atoms with Gasteiger partial charge in [-0.05, 0) is 72.3 Å². The predicted molar refractivity (Wildman–Crippen MR) is 137 cm³/mol. The highest BCUT2D eigenvalue weighted by molar-refractivity contribution is 5.84. The van der Waals surface area contributed by atoms with Crippen LogP contribution in [0.1, 0.15) is 121 Å². The van der Waals surface area contributed by atoms with E-state index in [0.717, 1.165) is 40.5 Å². The molecule has 2 aromatic carbocycles. The van der Waals surface area contributed by atoms with Gasteiger partial charge in [-0.25, -0.2) is 4.39 Å². The molecule has 0 unspecified atom stereocenters. The second-order valence-electron chi connectivity index (χ2n) is 11.1. The van der Waals surface area contributed by atoms with Gasteiger partial charge in [0.25, 0.3) is 0 Å². The van der Waals surface area contributed by atoms with E-state index in [1.54, 1.807) is 0 Å². The molecule has 2 aromatic rings. The number of hydrogen-bond acceptors (Lipinski definition) is 0. The van der Waals surface area contributed by atoms with Crippen molar-refractivity contribution in [1.82, 2.24) is 0 Å². The predicted octanol–water partition coefficient (Wildman–Crippen LogP) is 9.98. The van der Waals surface area contributed by atoms with E-state index >= 15 is 0 Å². The summed E-state index contributed by atoms with van der Waals surface area (Å²) in [6.45, 7) is 4.34. The van der Waals surface area contributed by atoms with Crippen molar-refractivity contribution >= 4 is 10.8 Å². The van der Waals surface area contributed by atoms with E-state index in [-0.39, 0.29) is 5.82 Å². The van der Waals surface area contributed by atoms with Crippen LogP contribution in [0.3, 0.4) is 0 Å². The molecule has 0 saturated heterocycles. The summed E-state index contributed by atoms with van der Waals surface area (Å²) in [5, 5.41) is 1.87. The first kappa shape index (κ1) is 23.8. The Morgan fingerprint density at radius 3 is 1.97 bits per heavy atom. The Balaban J connectivity index is 1.21. The summed E-state index contributed by atoms with van der Waals surface area (Å²) >= 11 is 0. The normalized spacial score (nSPS) is 26.5. The van der Waals surface area contributed by atoms with Gasteiger partial charge in [0.05, 0.1) is 0 Å². The number of fused-ring (bicyclic) bond motifs is 1. The van der Waals surface area contributed by atoms with Crippen LogP contribution >= 0.6 is 0 Å².